The Morgan fingerprint density at radius 2 is 1.82 bits per heavy atom. The molecule has 0 bridgehead atoms. The number of hydrogen-bond acceptors (Lipinski definition) is 2. The van der Waals surface area contributed by atoms with E-state index in [-0.39, 0.29) is 5.91 Å². The highest BCUT2D eigenvalue weighted by Gasteiger charge is 2.11. The highest BCUT2D eigenvalue weighted by atomic mass is 16.2. The van der Waals surface area contributed by atoms with Gasteiger partial charge in [0.05, 0.1) is 0 Å². The van der Waals surface area contributed by atoms with Crippen molar-refractivity contribution in [2.75, 3.05) is 19.6 Å². The lowest BCUT2D eigenvalue weighted by Gasteiger charge is -2.23. The van der Waals surface area contributed by atoms with Crippen molar-refractivity contribution in [2.24, 2.45) is 11.7 Å². The number of carbonyl (C=O) groups is 1. The van der Waals surface area contributed by atoms with Gasteiger partial charge in [0.25, 0.3) is 0 Å². The average molecular weight is 244 g/mol. The monoisotopic (exact) mass is 244 g/mol. The van der Waals surface area contributed by atoms with Gasteiger partial charge in [0.2, 0.25) is 5.91 Å². The Morgan fingerprint density at radius 3 is 2.24 bits per heavy atom. The quantitative estimate of drug-likeness (QED) is 0.713. The molecular weight excluding hydrogens is 212 g/mol. The van der Waals surface area contributed by atoms with Crippen molar-refractivity contribution >= 4 is 5.91 Å². The van der Waals surface area contributed by atoms with Crippen LogP contribution in [0, 0.1) is 5.92 Å². The third-order valence-corrected chi connectivity index (χ3v) is 2.42. The maximum absolute atomic E-state index is 11.8. The van der Waals surface area contributed by atoms with Gasteiger partial charge in [-0.15, -0.1) is 0 Å². The van der Waals surface area contributed by atoms with Crippen LogP contribution in [0.3, 0.4) is 0 Å². The summed E-state index contributed by atoms with van der Waals surface area (Å²) >= 11 is 0. The molecule has 0 aromatic carbocycles. The number of nitrogens with two attached hydrogens (primary N) is 1. The maximum Gasteiger partial charge on any atom is 0.222 e. The minimum Gasteiger partial charge on any atom is -0.343 e. The molecule has 1 amide bonds. The molecule has 3 nitrogen and oxygen atoms in total. The summed E-state index contributed by atoms with van der Waals surface area (Å²) in [5, 5.41) is 0. The fourth-order valence-corrected chi connectivity index (χ4v) is 1.46. The van der Waals surface area contributed by atoms with Crippen LogP contribution in [0.15, 0.2) is 0 Å². The molecule has 0 aromatic rings. The summed E-state index contributed by atoms with van der Waals surface area (Å²) in [4.78, 5) is 13.8. The van der Waals surface area contributed by atoms with E-state index >= 15 is 0 Å². The lowest BCUT2D eigenvalue weighted by molar-refractivity contribution is -0.131. The van der Waals surface area contributed by atoms with E-state index in [2.05, 4.69) is 20.8 Å². The van der Waals surface area contributed by atoms with Crippen LogP contribution in [-0.2, 0) is 4.79 Å². The molecule has 104 valence electrons. The molecule has 0 saturated carbocycles. The SMILES string of the molecule is CC.CCCN(CCC(C)C)C(=O)CCCN. The van der Waals surface area contributed by atoms with Crippen LogP contribution in [0.5, 0.6) is 0 Å². The Hall–Kier alpha value is -0.570. The third kappa shape index (κ3) is 11.7. The van der Waals surface area contributed by atoms with Gasteiger partial charge in [0.1, 0.15) is 0 Å². The number of rotatable bonds is 8. The molecule has 0 radical (unpaired) electrons. The molecule has 0 aliphatic carbocycles. The molecule has 3 heteroatoms. The second-order valence-electron chi connectivity index (χ2n) is 4.46. The second-order valence-corrected chi connectivity index (χ2v) is 4.46. The van der Waals surface area contributed by atoms with Crippen molar-refractivity contribution in [3.05, 3.63) is 0 Å². The summed E-state index contributed by atoms with van der Waals surface area (Å²) in [5.41, 5.74) is 5.40. The van der Waals surface area contributed by atoms with Crippen LogP contribution in [0.25, 0.3) is 0 Å². The van der Waals surface area contributed by atoms with Crippen LogP contribution < -0.4 is 5.73 Å². The summed E-state index contributed by atoms with van der Waals surface area (Å²) in [7, 11) is 0. The van der Waals surface area contributed by atoms with E-state index in [4.69, 9.17) is 5.73 Å². The minimum absolute atomic E-state index is 0.267. The predicted octanol–water partition coefficient (Wildman–Crippen LogP) is 3.04. The Morgan fingerprint density at radius 1 is 1.24 bits per heavy atom. The van der Waals surface area contributed by atoms with Gasteiger partial charge in [0.15, 0.2) is 0 Å². The smallest absolute Gasteiger partial charge is 0.222 e. The highest BCUT2D eigenvalue weighted by Crippen LogP contribution is 2.05. The molecule has 17 heavy (non-hydrogen) atoms. The second kappa shape index (κ2) is 13.5. The zero-order valence-electron chi connectivity index (χ0n) is 12.5. The number of nitrogens with zero attached hydrogens (tertiary/aromatic N) is 1. The maximum atomic E-state index is 11.8. The molecule has 0 spiro atoms. The average Bonchev–Trinajstić information content (AvgIpc) is 2.33. The van der Waals surface area contributed by atoms with Gasteiger partial charge in [-0.2, -0.15) is 0 Å². The standard InChI is InChI=1S/C12H26N2O.C2H6/c1-4-9-14(10-7-11(2)3)12(15)6-5-8-13;1-2/h11H,4-10,13H2,1-3H3;1-2H3. The van der Waals surface area contributed by atoms with Gasteiger partial charge in [0, 0.05) is 19.5 Å². The minimum atomic E-state index is 0.267. The molecule has 0 heterocycles. The molecule has 2 N–H and O–H groups in total. The first-order valence-electron chi connectivity index (χ1n) is 7.09. The van der Waals surface area contributed by atoms with E-state index < -0.39 is 0 Å². The summed E-state index contributed by atoms with van der Waals surface area (Å²) in [6.07, 6.45) is 3.54. The Labute approximate surface area is 108 Å². The van der Waals surface area contributed by atoms with Gasteiger partial charge in [-0.25, -0.2) is 0 Å². The lowest BCUT2D eigenvalue weighted by Crippen LogP contribution is -2.33. The first-order valence-corrected chi connectivity index (χ1v) is 7.09. The molecule has 0 rings (SSSR count). The number of carbonyl (C=O) groups excluding carboxylic acids is 1. The van der Waals surface area contributed by atoms with Crippen molar-refractivity contribution in [1.82, 2.24) is 4.90 Å². The van der Waals surface area contributed by atoms with E-state index in [1.54, 1.807) is 0 Å². The van der Waals surface area contributed by atoms with Gasteiger partial charge in [-0.3, -0.25) is 4.79 Å². The largest absolute Gasteiger partial charge is 0.343 e. The van der Waals surface area contributed by atoms with Gasteiger partial charge in [-0.1, -0.05) is 34.6 Å². The molecule has 0 aliphatic rings. The van der Waals surface area contributed by atoms with Gasteiger partial charge >= 0.3 is 0 Å². The van der Waals surface area contributed by atoms with Gasteiger partial charge < -0.3 is 10.6 Å². The Kier molecular flexibility index (Phi) is 14.9. The van der Waals surface area contributed by atoms with E-state index in [1.807, 2.05) is 18.7 Å². The lowest BCUT2D eigenvalue weighted by atomic mass is 10.1. The fraction of sp³-hybridized carbons (Fsp3) is 0.929. The summed E-state index contributed by atoms with van der Waals surface area (Å²) in [6.45, 7) is 12.9. The van der Waals surface area contributed by atoms with E-state index in [9.17, 15) is 4.79 Å². The van der Waals surface area contributed by atoms with Crippen molar-refractivity contribution < 1.29 is 4.79 Å². The first kappa shape index (κ1) is 18.8. The molecule has 0 fully saturated rings. The highest BCUT2D eigenvalue weighted by molar-refractivity contribution is 5.76. The van der Waals surface area contributed by atoms with Crippen LogP contribution in [-0.4, -0.2) is 30.4 Å². The Balaban J connectivity index is 0. The molecule has 0 saturated heterocycles. The third-order valence-electron chi connectivity index (χ3n) is 2.42. The van der Waals surface area contributed by atoms with Crippen LogP contribution in [0.1, 0.15) is 60.3 Å². The molecule has 0 aliphatic heterocycles. The van der Waals surface area contributed by atoms with E-state index in [0.717, 1.165) is 32.4 Å². The molecular formula is C14H32N2O. The van der Waals surface area contributed by atoms with E-state index in [1.165, 1.54) is 0 Å². The summed E-state index contributed by atoms with van der Waals surface area (Å²) in [5.74, 6) is 0.926. The van der Waals surface area contributed by atoms with Crippen molar-refractivity contribution in [3.63, 3.8) is 0 Å². The fourth-order valence-electron chi connectivity index (χ4n) is 1.46. The summed E-state index contributed by atoms with van der Waals surface area (Å²) < 4.78 is 0. The van der Waals surface area contributed by atoms with Crippen molar-refractivity contribution in [3.8, 4) is 0 Å². The zero-order valence-corrected chi connectivity index (χ0v) is 12.5. The molecule has 0 unspecified atom stereocenters. The normalized spacial score (nSPS) is 9.82. The topological polar surface area (TPSA) is 46.3 Å². The first-order chi connectivity index (χ1) is 8.11. The summed E-state index contributed by atoms with van der Waals surface area (Å²) in [6, 6.07) is 0. The number of amides is 1. The predicted molar refractivity (Wildman–Crippen MR) is 76.0 cm³/mol. The van der Waals surface area contributed by atoms with Crippen LogP contribution in [0.4, 0.5) is 0 Å². The van der Waals surface area contributed by atoms with Crippen LogP contribution >= 0.6 is 0 Å². The van der Waals surface area contributed by atoms with Crippen LogP contribution in [0.2, 0.25) is 0 Å². The van der Waals surface area contributed by atoms with E-state index in [0.29, 0.717) is 18.9 Å². The zero-order chi connectivity index (χ0) is 13.7. The molecule has 0 atom stereocenters. The number of hydrogen-bond donors (Lipinski definition) is 1. The Bertz CT molecular complexity index is 170. The van der Waals surface area contributed by atoms with Gasteiger partial charge in [-0.05, 0) is 31.7 Å². The van der Waals surface area contributed by atoms with Crippen molar-refractivity contribution in [1.29, 1.82) is 0 Å². The molecule has 0 aromatic heterocycles. The van der Waals surface area contributed by atoms with Crippen molar-refractivity contribution in [2.45, 2.75) is 60.3 Å².